The summed E-state index contributed by atoms with van der Waals surface area (Å²) in [5.41, 5.74) is -0.0905. The van der Waals surface area contributed by atoms with E-state index in [-0.39, 0.29) is 5.60 Å². The van der Waals surface area contributed by atoms with Crippen LogP contribution in [0.1, 0.15) is 40.5 Å². The highest BCUT2D eigenvalue weighted by Crippen LogP contribution is 2.28. The lowest BCUT2D eigenvalue weighted by molar-refractivity contribution is -0.0675. The molecule has 1 atom stereocenters. The second kappa shape index (κ2) is 6.58. The second-order valence-electron chi connectivity index (χ2n) is 5.02. The Balaban J connectivity index is 2.63. The quantitative estimate of drug-likeness (QED) is 0.757. The monoisotopic (exact) mass is 229 g/mol. The van der Waals surface area contributed by atoms with E-state index >= 15 is 0 Å². The average Bonchev–Trinajstić information content (AvgIpc) is 2.27. The molecule has 1 fully saturated rings. The van der Waals surface area contributed by atoms with Crippen LogP contribution in [0.3, 0.4) is 0 Å². The molecule has 0 radical (unpaired) electrons. The maximum Gasteiger partial charge on any atom is 0.0781 e. The summed E-state index contributed by atoms with van der Waals surface area (Å²) >= 11 is 0. The van der Waals surface area contributed by atoms with Gasteiger partial charge < -0.3 is 14.8 Å². The first-order chi connectivity index (χ1) is 7.61. The van der Waals surface area contributed by atoms with Crippen LogP contribution in [0.5, 0.6) is 0 Å². The summed E-state index contributed by atoms with van der Waals surface area (Å²) in [6, 6.07) is 0.432. The van der Waals surface area contributed by atoms with E-state index in [1.54, 1.807) is 0 Å². The van der Waals surface area contributed by atoms with Crippen molar-refractivity contribution in [3.63, 3.8) is 0 Å². The van der Waals surface area contributed by atoms with Gasteiger partial charge in [0.2, 0.25) is 0 Å². The molecule has 3 nitrogen and oxygen atoms in total. The van der Waals surface area contributed by atoms with Crippen molar-refractivity contribution >= 4 is 0 Å². The van der Waals surface area contributed by atoms with Crippen LogP contribution >= 0.6 is 0 Å². The summed E-state index contributed by atoms with van der Waals surface area (Å²) in [5, 5.41) is 3.60. The van der Waals surface area contributed by atoms with Crippen LogP contribution in [0.15, 0.2) is 0 Å². The van der Waals surface area contributed by atoms with Gasteiger partial charge in [0.25, 0.3) is 0 Å². The van der Waals surface area contributed by atoms with Gasteiger partial charge in [0.15, 0.2) is 0 Å². The smallest absolute Gasteiger partial charge is 0.0781 e. The first kappa shape index (κ1) is 13.9. The molecule has 1 heterocycles. The molecule has 0 aromatic heterocycles. The van der Waals surface area contributed by atoms with Gasteiger partial charge in [-0.2, -0.15) is 0 Å². The van der Waals surface area contributed by atoms with Crippen LogP contribution in [0.2, 0.25) is 0 Å². The molecule has 1 aliphatic heterocycles. The van der Waals surface area contributed by atoms with E-state index in [9.17, 15) is 0 Å². The lowest BCUT2D eigenvalue weighted by Crippen LogP contribution is -2.54. The fourth-order valence-corrected chi connectivity index (χ4v) is 2.71. The van der Waals surface area contributed by atoms with Gasteiger partial charge in [-0.15, -0.1) is 0 Å². The molecule has 16 heavy (non-hydrogen) atoms. The summed E-state index contributed by atoms with van der Waals surface area (Å²) in [5.74, 6) is 0.676. The minimum Gasteiger partial charge on any atom is -0.381 e. The van der Waals surface area contributed by atoms with Gasteiger partial charge in [-0.05, 0) is 46.1 Å². The molecule has 1 saturated heterocycles. The zero-order valence-electron chi connectivity index (χ0n) is 11.2. The van der Waals surface area contributed by atoms with Crippen LogP contribution in [-0.2, 0) is 9.47 Å². The van der Waals surface area contributed by atoms with E-state index in [0.29, 0.717) is 12.0 Å². The highest BCUT2D eigenvalue weighted by molar-refractivity contribution is 4.91. The first-order valence-corrected chi connectivity index (χ1v) is 6.57. The molecule has 0 spiro atoms. The average molecular weight is 229 g/mol. The molecular formula is C13H27NO2. The Kier molecular flexibility index (Phi) is 5.73. The fourth-order valence-electron chi connectivity index (χ4n) is 2.71. The maximum absolute atomic E-state index is 5.89. The first-order valence-electron chi connectivity index (χ1n) is 6.57. The highest BCUT2D eigenvalue weighted by Gasteiger charge is 2.36. The third-order valence-corrected chi connectivity index (χ3v) is 3.43. The Morgan fingerprint density at radius 1 is 1.31 bits per heavy atom. The van der Waals surface area contributed by atoms with Gasteiger partial charge in [0.1, 0.15) is 0 Å². The zero-order chi connectivity index (χ0) is 12.0. The standard InChI is InChI=1S/C13H27NO2/c1-5-14-12(13(3,4)16-6-2)11-7-9-15-10-8-11/h11-12,14H,5-10H2,1-4H3. The topological polar surface area (TPSA) is 30.5 Å². The van der Waals surface area contributed by atoms with Crippen LogP contribution in [0, 0.1) is 5.92 Å². The molecule has 96 valence electrons. The normalized spacial score (nSPS) is 21.0. The molecule has 1 rings (SSSR count). The zero-order valence-corrected chi connectivity index (χ0v) is 11.2. The number of hydrogen-bond donors (Lipinski definition) is 1. The summed E-state index contributed by atoms with van der Waals surface area (Å²) in [4.78, 5) is 0. The van der Waals surface area contributed by atoms with Crippen molar-refractivity contribution in [3.05, 3.63) is 0 Å². The molecule has 3 heteroatoms. The molecule has 0 bridgehead atoms. The van der Waals surface area contributed by atoms with Crippen LogP contribution in [-0.4, -0.2) is 38.0 Å². The molecule has 0 aromatic carbocycles. The van der Waals surface area contributed by atoms with E-state index in [0.717, 1.165) is 39.2 Å². The lowest BCUT2D eigenvalue weighted by Gasteiger charge is -2.41. The summed E-state index contributed by atoms with van der Waals surface area (Å²) in [6.45, 7) is 12.2. The van der Waals surface area contributed by atoms with Crippen molar-refractivity contribution in [2.45, 2.75) is 52.2 Å². The number of nitrogens with one attached hydrogen (secondary N) is 1. The number of ether oxygens (including phenoxy) is 2. The molecule has 1 N–H and O–H groups in total. The Morgan fingerprint density at radius 3 is 2.44 bits per heavy atom. The predicted octanol–water partition coefficient (Wildman–Crippen LogP) is 2.21. The minimum absolute atomic E-state index is 0.0905. The van der Waals surface area contributed by atoms with Crippen LogP contribution < -0.4 is 5.32 Å². The van der Waals surface area contributed by atoms with Gasteiger partial charge in [-0.3, -0.25) is 0 Å². The van der Waals surface area contributed by atoms with Crippen molar-refractivity contribution < 1.29 is 9.47 Å². The van der Waals surface area contributed by atoms with Crippen LogP contribution in [0.4, 0.5) is 0 Å². The largest absolute Gasteiger partial charge is 0.381 e. The molecule has 0 aliphatic carbocycles. The van der Waals surface area contributed by atoms with Gasteiger partial charge in [0.05, 0.1) is 5.60 Å². The Morgan fingerprint density at radius 2 is 1.94 bits per heavy atom. The molecule has 0 amide bonds. The van der Waals surface area contributed by atoms with Gasteiger partial charge in [-0.25, -0.2) is 0 Å². The molecule has 0 saturated carbocycles. The van der Waals surface area contributed by atoms with Crippen molar-refractivity contribution in [1.82, 2.24) is 5.32 Å². The van der Waals surface area contributed by atoms with E-state index in [1.165, 1.54) is 0 Å². The van der Waals surface area contributed by atoms with Gasteiger partial charge >= 0.3 is 0 Å². The van der Waals surface area contributed by atoms with Crippen molar-refractivity contribution in [3.8, 4) is 0 Å². The number of rotatable bonds is 6. The molecular weight excluding hydrogens is 202 g/mol. The third-order valence-electron chi connectivity index (χ3n) is 3.43. The van der Waals surface area contributed by atoms with Gasteiger partial charge in [0, 0.05) is 25.9 Å². The number of likely N-dealkylation sites (N-methyl/N-ethyl adjacent to an activating group) is 1. The third kappa shape index (κ3) is 3.72. The van der Waals surface area contributed by atoms with E-state index in [4.69, 9.17) is 9.47 Å². The summed E-state index contributed by atoms with van der Waals surface area (Å²) in [6.07, 6.45) is 2.29. The molecule has 1 unspecified atom stereocenters. The fraction of sp³-hybridized carbons (Fsp3) is 1.00. The Hall–Kier alpha value is -0.120. The Bertz CT molecular complexity index is 188. The Labute approximate surface area is 99.9 Å². The number of hydrogen-bond acceptors (Lipinski definition) is 3. The maximum atomic E-state index is 5.89. The minimum atomic E-state index is -0.0905. The lowest BCUT2D eigenvalue weighted by atomic mass is 9.82. The highest BCUT2D eigenvalue weighted by atomic mass is 16.5. The molecule has 0 aromatic rings. The summed E-state index contributed by atoms with van der Waals surface area (Å²) in [7, 11) is 0. The summed E-state index contributed by atoms with van der Waals surface area (Å²) < 4.78 is 11.3. The predicted molar refractivity (Wildman–Crippen MR) is 66.7 cm³/mol. The van der Waals surface area contributed by atoms with E-state index in [1.807, 2.05) is 0 Å². The van der Waals surface area contributed by atoms with Crippen molar-refractivity contribution in [2.75, 3.05) is 26.4 Å². The second-order valence-corrected chi connectivity index (χ2v) is 5.02. The van der Waals surface area contributed by atoms with Gasteiger partial charge in [-0.1, -0.05) is 6.92 Å². The van der Waals surface area contributed by atoms with Crippen LogP contribution in [0.25, 0.3) is 0 Å². The SMILES string of the molecule is CCNC(C1CCOCC1)C(C)(C)OCC. The van der Waals surface area contributed by atoms with Crippen molar-refractivity contribution in [2.24, 2.45) is 5.92 Å². The van der Waals surface area contributed by atoms with Crippen molar-refractivity contribution in [1.29, 1.82) is 0 Å². The molecule has 1 aliphatic rings. The van der Waals surface area contributed by atoms with E-state index in [2.05, 4.69) is 33.0 Å². The van der Waals surface area contributed by atoms with E-state index < -0.39 is 0 Å².